The molecule has 0 saturated heterocycles. The molecule has 7 heteroatoms. The van der Waals surface area contributed by atoms with Crippen LogP contribution in [0.2, 0.25) is 0 Å². The molecular weight excluding hydrogens is 454 g/mol. The van der Waals surface area contributed by atoms with Crippen molar-refractivity contribution >= 4 is 11.6 Å². The van der Waals surface area contributed by atoms with Gasteiger partial charge in [-0.2, -0.15) is 0 Å². The van der Waals surface area contributed by atoms with Crippen LogP contribution >= 0.6 is 0 Å². The van der Waals surface area contributed by atoms with Crippen LogP contribution in [-0.2, 0) is 19.6 Å². The molecule has 0 fully saturated rings. The third-order valence-corrected chi connectivity index (χ3v) is 6.17. The smallest absolute Gasteiger partial charge is 0.251 e. The maximum atomic E-state index is 12.8. The Bertz CT molecular complexity index is 1160. The number of aliphatic hydroxyl groups excluding tert-OH is 2. The van der Waals surface area contributed by atoms with E-state index in [-0.39, 0.29) is 23.8 Å². The van der Waals surface area contributed by atoms with Crippen molar-refractivity contribution in [2.75, 3.05) is 25.5 Å². The van der Waals surface area contributed by atoms with Crippen LogP contribution in [-0.4, -0.2) is 47.4 Å². The molecule has 0 heterocycles. The average Bonchev–Trinajstić information content (AvgIpc) is 2.86. The second-order valence-electron chi connectivity index (χ2n) is 9.95. The normalized spacial score (nSPS) is 12.3. The molecule has 0 aromatic heterocycles. The third-order valence-electron chi connectivity index (χ3n) is 6.17. The molecule has 0 radical (unpaired) electrons. The molecular formula is C29H37N3O4. The van der Waals surface area contributed by atoms with Crippen molar-refractivity contribution in [2.24, 2.45) is 0 Å². The fourth-order valence-electron chi connectivity index (χ4n) is 4.02. The first kappa shape index (κ1) is 27.2. The summed E-state index contributed by atoms with van der Waals surface area (Å²) < 4.78 is 0. The second kappa shape index (κ2) is 12.0. The minimum atomic E-state index is -0.793. The van der Waals surface area contributed by atoms with Gasteiger partial charge in [0.2, 0.25) is 0 Å². The van der Waals surface area contributed by atoms with Crippen molar-refractivity contribution in [3.63, 3.8) is 0 Å². The number of amides is 1. The van der Waals surface area contributed by atoms with Crippen molar-refractivity contribution in [2.45, 2.75) is 45.1 Å². The number of nitrogens with one attached hydrogen (secondary N) is 2. The van der Waals surface area contributed by atoms with Crippen LogP contribution in [0.3, 0.4) is 0 Å². The minimum Gasteiger partial charge on any atom is -0.508 e. The number of anilines is 1. The summed E-state index contributed by atoms with van der Waals surface area (Å²) in [4.78, 5) is 14.8. The lowest BCUT2D eigenvalue weighted by Crippen LogP contribution is -2.43. The monoisotopic (exact) mass is 491 g/mol. The molecule has 0 saturated carbocycles. The standard InChI is InChI=1S/C29H37N3O4/c1-29(2,31-18-27(35)22-10-13-26(34)24(15-22)19-33)16-21-6-5-7-23(14-21)28(36)30-17-20-8-11-25(12-9-20)32(3)4/h5-15,27,31,33-35H,16-19H2,1-4H3,(H,30,36)/t27-/m1/s1. The predicted molar refractivity (Wildman–Crippen MR) is 143 cm³/mol. The van der Waals surface area contributed by atoms with Crippen LogP contribution < -0.4 is 15.5 Å². The summed E-state index contributed by atoms with van der Waals surface area (Å²) in [5.41, 5.74) is 4.42. The molecule has 0 aliphatic carbocycles. The molecule has 0 aliphatic heterocycles. The van der Waals surface area contributed by atoms with Crippen LogP contribution in [0.5, 0.6) is 5.75 Å². The first-order valence-electron chi connectivity index (χ1n) is 12.1. The molecule has 36 heavy (non-hydrogen) atoms. The summed E-state index contributed by atoms with van der Waals surface area (Å²) in [5, 5.41) is 36.0. The summed E-state index contributed by atoms with van der Waals surface area (Å²) in [7, 11) is 3.98. The van der Waals surface area contributed by atoms with Crippen molar-refractivity contribution in [1.82, 2.24) is 10.6 Å². The number of aromatic hydroxyl groups is 1. The molecule has 7 nitrogen and oxygen atoms in total. The number of β-amino-alcohol motifs (C(OH)–C–C–N with tert-alkyl or cyclic N) is 1. The van der Waals surface area contributed by atoms with Gasteiger partial charge in [-0.15, -0.1) is 0 Å². The first-order valence-corrected chi connectivity index (χ1v) is 12.1. The Kier molecular flexibility index (Phi) is 9.09. The molecule has 1 amide bonds. The Morgan fingerprint density at radius 1 is 1.00 bits per heavy atom. The van der Waals surface area contributed by atoms with Gasteiger partial charge in [0.05, 0.1) is 12.7 Å². The van der Waals surface area contributed by atoms with Crippen LogP contribution in [0.4, 0.5) is 5.69 Å². The van der Waals surface area contributed by atoms with Gasteiger partial charge in [-0.25, -0.2) is 0 Å². The lowest BCUT2D eigenvalue weighted by atomic mass is 9.93. The van der Waals surface area contributed by atoms with Gasteiger partial charge in [-0.3, -0.25) is 4.79 Å². The summed E-state index contributed by atoms with van der Waals surface area (Å²) in [5.74, 6) is -0.116. The number of carbonyl (C=O) groups is 1. The number of hydrogen-bond donors (Lipinski definition) is 5. The van der Waals surface area contributed by atoms with Gasteiger partial charge in [0, 0.05) is 49.5 Å². The molecule has 3 aromatic carbocycles. The van der Waals surface area contributed by atoms with Crippen LogP contribution in [0.1, 0.15) is 52.6 Å². The van der Waals surface area contributed by atoms with E-state index in [0.717, 1.165) is 16.8 Å². The minimum absolute atomic E-state index is 0.00731. The van der Waals surface area contributed by atoms with Gasteiger partial charge in [0.1, 0.15) is 5.75 Å². The van der Waals surface area contributed by atoms with E-state index in [1.165, 1.54) is 6.07 Å². The fraction of sp³-hybridized carbons (Fsp3) is 0.345. The highest BCUT2D eigenvalue weighted by Gasteiger charge is 2.21. The zero-order chi connectivity index (χ0) is 26.3. The van der Waals surface area contributed by atoms with E-state index in [9.17, 15) is 20.1 Å². The Hall–Kier alpha value is -3.39. The third kappa shape index (κ3) is 7.55. The predicted octanol–water partition coefficient (Wildman–Crippen LogP) is 3.52. The van der Waals surface area contributed by atoms with Gasteiger partial charge in [0.25, 0.3) is 5.91 Å². The number of aliphatic hydroxyl groups is 2. The average molecular weight is 492 g/mol. The van der Waals surface area contributed by atoms with E-state index in [2.05, 4.69) is 10.6 Å². The van der Waals surface area contributed by atoms with Crippen LogP contribution in [0, 0.1) is 0 Å². The van der Waals surface area contributed by atoms with Gasteiger partial charge in [-0.1, -0.05) is 30.3 Å². The van der Waals surface area contributed by atoms with E-state index < -0.39 is 6.10 Å². The van der Waals surface area contributed by atoms with Crippen LogP contribution in [0.15, 0.2) is 66.7 Å². The molecule has 3 aromatic rings. The second-order valence-corrected chi connectivity index (χ2v) is 9.95. The summed E-state index contributed by atoms with van der Waals surface area (Å²) in [6.45, 7) is 4.55. The molecule has 1 atom stereocenters. The molecule has 0 spiro atoms. The largest absolute Gasteiger partial charge is 0.508 e. The molecule has 0 bridgehead atoms. The summed E-state index contributed by atoms with van der Waals surface area (Å²) in [6.07, 6.45) is -0.135. The molecule has 0 unspecified atom stereocenters. The maximum absolute atomic E-state index is 12.8. The quantitative estimate of drug-likeness (QED) is 0.281. The van der Waals surface area contributed by atoms with E-state index in [1.807, 2.05) is 81.4 Å². The van der Waals surface area contributed by atoms with E-state index >= 15 is 0 Å². The van der Waals surface area contributed by atoms with E-state index in [1.54, 1.807) is 12.1 Å². The van der Waals surface area contributed by atoms with Gasteiger partial charge < -0.3 is 30.9 Å². The molecule has 5 N–H and O–H groups in total. The van der Waals surface area contributed by atoms with E-state index in [4.69, 9.17) is 0 Å². The molecule has 192 valence electrons. The number of nitrogens with zero attached hydrogens (tertiary/aromatic N) is 1. The highest BCUT2D eigenvalue weighted by Crippen LogP contribution is 2.23. The lowest BCUT2D eigenvalue weighted by molar-refractivity contribution is 0.0950. The Balaban J connectivity index is 1.56. The topological polar surface area (TPSA) is 105 Å². The van der Waals surface area contributed by atoms with Gasteiger partial charge in [0.15, 0.2) is 0 Å². The maximum Gasteiger partial charge on any atom is 0.251 e. The SMILES string of the molecule is CN(C)c1ccc(CNC(=O)c2cccc(CC(C)(C)NC[C@@H](O)c3ccc(O)c(CO)c3)c2)cc1. The number of phenols is 1. The Morgan fingerprint density at radius 2 is 1.72 bits per heavy atom. The van der Waals surface area contributed by atoms with Crippen LogP contribution in [0.25, 0.3) is 0 Å². The summed E-state index contributed by atoms with van der Waals surface area (Å²) >= 11 is 0. The number of rotatable bonds is 11. The Morgan fingerprint density at radius 3 is 2.39 bits per heavy atom. The Labute approximate surface area is 213 Å². The molecule has 0 aliphatic rings. The van der Waals surface area contributed by atoms with Gasteiger partial charge >= 0.3 is 0 Å². The highest BCUT2D eigenvalue weighted by atomic mass is 16.3. The number of benzene rings is 3. The van der Waals surface area contributed by atoms with Crippen molar-refractivity contribution in [1.29, 1.82) is 0 Å². The van der Waals surface area contributed by atoms with E-state index in [0.29, 0.717) is 36.2 Å². The highest BCUT2D eigenvalue weighted by molar-refractivity contribution is 5.94. The van der Waals surface area contributed by atoms with Crippen molar-refractivity contribution in [3.05, 3.63) is 94.5 Å². The van der Waals surface area contributed by atoms with Crippen molar-refractivity contribution in [3.8, 4) is 5.75 Å². The number of hydrogen-bond acceptors (Lipinski definition) is 6. The zero-order valence-electron chi connectivity index (χ0n) is 21.5. The summed E-state index contributed by atoms with van der Waals surface area (Å²) in [6, 6.07) is 20.4. The lowest BCUT2D eigenvalue weighted by Gasteiger charge is -2.28. The fourth-order valence-corrected chi connectivity index (χ4v) is 4.02. The zero-order valence-corrected chi connectivity index (χ0v) is 21.5. The first-order chi connectivity index (χ1) is 17.1. The van der Waals surface area contributed by atoms with Gasteiger partial charge in [-0.05, 0) is 73.4 Å². The molecule has 3 rings (SSSR count). The van der Waals surface area contributed by atoms with Crippen molar-refractivity contribution < 1.29 is 20.1 Å². The number of carbonyl (C=O) groups excluding carboxylic acids is 1.